The Morgan fingerprint density at radius 3 is 2.72 bits per heavy atom. The average Bonchev–Trinajstić information content (AvgIpc) is 2.34. The fourth-order valence-corrected chi connectivity index (χ4v) is 2.02. The van der Waals surface area contributed by atoms with E-state index in [9.17, 15) is 4.79 Å². The molecule has 1 aliphatic rings. The molecule has 3 N–H and O–H groups in total. The third-order valence-corrected chi connectivity index (χ3v) is 3.26. The molecule has 98 valence electrons. The standard InChI is InChI=1S/C13H18N2O3/c1-17-10-6-9(7-10)15-12-5-8(13(16)18-2)3-4-11(12)14/h3-5,9-10,15H,6-7,14H2,1-2H3. The minimum Gasteiger partial charge on any atom is -0.465 e. The smallest absolute Gasteiger partial charge is 0.337 e. The van der Waals surface area contributed by atoms with Crippen LogP contribution in [0.1, 0.15) is 23.2 Å². The molecule has 1 saturated carbocycles. The van der Waals surface area contributed by atoms with Gasteiger partial charge in [-0.3, -0.25) is 0 Å². The minimum absolute atomic E-state index is 0.326. The van der Waals surface area contributed by atoms with E-state index >= 15 is 0 Å². The molecular weight excluding hydrogens is 232 g/mol. The van der Waals surface area contributed by atoms with Gasteiger partial charge in [0, 0.05) is 13.2 Å². The summed E-state index contributed by atoms with van der Waals surface area (Å²) in [4.78, 5) is 11.4. The Morgan fingerprint density at radius 1 is 1.39 bits per heavy atom. The zero-order valence-electron chi connectivity index (χ0n) is 10.6. The van der Waals surface area contributed by atoms with Crippen molar-refractivity contribution >= 4 is 17.3 Å². The van der Waals surface area contributed by atoms with Crippen molar-refractivity contribution in [2.24, 2.45) is 0 Å². The van der Waals surface area contributed by atoms with Crippen LogP contribution in [0.5, 0.6) is 0 Å². The van der Waals surface area contributed by atoms with Crippen LogP contribution >= 0.6 is 0 Å². The first-order valence-corrected chi connectivity index (χ1v) is 5.91. The largest absolute Gasteiger partial charge is 0.465 e. The highest BCUT2D eigenvalue weighted by atomic mass is 16.5. The number of carbonyl (C=O) groups excluding carboxylic acids is 1. The van der Waals surface area contributed by atoms with Crippen molar-refractivity contribution in [3.05, 3.63) is 23.8 Å². The molecule has 0 atom stereocenters. The van der Waals surface area contributed by atoms with E-state index in [4.69, 9.17) is 10.5 Å². The van der Waals surface area contributed by atoms with Gasteiger partial charge in [-0.25, -0.2) is 4.79 Å². The number of anilines is 2. The maximum Gasteiger partial charge on any atom is 0.337 e. The molecule has 1 fully saturated rings. The maximum absolute atomic E-state index is 11.4. The SMILES string of the molecule is COC(=O)c1ccc(N)c(NC2CC(OC)C2)c1. The van der Waals surface area contributed by atoms with Gasteiger partial charge in [-0.15, -0.1) is 0 Å². The number of nitrogens with one attached hydrogen (secondary N) is 1. The molecule has 1 aromatic rings. The van der Waals surface area contributed by atoms with Crippen LogP contribution in [0.25, 0.3) is 0 Å². The Labute approximate surface area is 106 Å². The van der Waals surface area contributed by atoms with E-state index in [-0.39, 0.29) is 5.97 Å². The lowest BCUT2D eigenvalue weighted by Gasteiger charge is -2.35. The second-order valence-corrected chi connectivity index (χ2v) is 4.46. The lowest BCUT2D eigenvalue weighted by Crippen LogP contribution is -2.40. The van der Waals surface area contributed by atoms with E-state index in [0.29, 0.717) is 23.4 Å². The van der Waals surface area contributed by atoms with Crippen molar-refractivity contribution in [3.8, 4) is 0 Å². The van der Waals surface area contributed by atoms with Crippen LogP contribution in [0.15, 0.2) is 18.2 Å². The number of rotatable bonds is 4. The van der Waals surface area contributed by atoms with Crippen LogP contribution in [0.2, 0.25) is 0 Å². The summed E-state index contributed by atoms with van der Waals surface area (Å²) < 4.78 is 9.90. The number of hydrogen-bond donors (Lipinski definition) is 2. The van der Waals surface area contributed by atoms with Crippen LogP contribution in [-0.2, 0) is 9.47 Å². The number of nitrogen functional groups attached to an aromatic ring is 1. The monoisotopic (exact) mass is 250 g/mol. The fourth-order valence-electron chi connectivity index (χ4n) is 2.02. The number of methoxy groups -OCH3 is 2. The van der Waals surface area contributed by atoms with Crippen molar-refractivity contribution in [3.63, 3.8) is 0 Å². The zero-order chi connectivity index (χ0) is 13.1. The van der Waals surface area contributed by atoms with Gasteiger partial charge in [0.05, 0.1) is 30.2 Å². The fraction of sp³-hybridized carbons (Fsp3) is 0.462. The number of esters is 1. The van der Waals surface area contributed by atoms with Crippen LogP contribution in [0.3, 0.4) is 0 Å². The number of ether oxygens (including phenoxy) is 2. The van der Waals surface area contributed by atoms with Crippen molar-refractivity contribution in [2.45, 2.75) is 25.0 Å². The Hall–Kier alpha value is -1.75. The molecular formula is C13H18N2O3. The number of nitrogens with two attached hydrogens (primary N) is 1. The minimum atomic E-state index is -0.360. The molecule has 18 heavy (non-hydrogen) atoms. The van der Waals surface area contributed by atoms with E-state index < -0.39 is 0 Å². The summed E-state index contributed by atoms with van der Waals surface area (Å²) in [6, 6.07) is 5.44. The van der Waals surface area contributed by atoms with Crippen LogP contribution in [0.4, 0.5) is 11.4 Å². The number of benzene rings is 1. The number of carbonyl (C=O) groups is 1. The third kappa shape index (κ3) is 2.56. The van der Waals surface area contributed by atoms with Gasteiger partial charge in [0.15, 0.2) is 0 Å². The predicted octanol–water partition coefficient (Wildman–Crippen LogP) is 1.64. The van der Waals surface area contributed by atoms with Gasteiger partial charge in [0.1, 0.15) is 0 Å². The van der Waals surface area contributed by atoms with Gasteiger partial charge in [0.25, 0.3) is 0 Å². The first-order valence-electron chi connectivity index (χ1n) is 5.91. The zero-order valence-corrected chi connectivity index (χ0v) is 10.6. The molecule has 0 spiro atoms. The van der Waals surface area contributed by atoms with Gasteiger partial charge in [-0.05, 0) is 31.0 Å². The summed E-state index contributed by atoms with van der Waals surface area (Å²) in [5.74, 6) is -0.360. The summed E-state index contributed by atoms with van der Waals surface area (Å²) >= 11 is 0. The molecule has 0 aliphatic heterocycles. The first-order chi connectivity index (χ1) is 8.63. The Balaban J connectivity index is 2.05. The van der Waals surface area contributed by atoms with Crippen molar-refractivity contribution in [2.75, 3.05) is 25.3 Å². The summed E-state index contributed by atoms with van der Waals surface area (Å²) in [5, 5.41) is 3.32. The maximum atomic E-state index is 11.4. The molecule has 1 aliphatic carbocycles. The highest BCUT2D eigenvalue weighted by molar-refractivity contribution is 5.92. The molecule has 0 amide bonds. The normalized spacial score (nSPS) is 22.1. The summed E-state index contributed by atoms with van der Waals surface area (Å²) in [7, 11) is 3.08. The summed E-state index contributed by atoms with van der Waals surface area (Å²) in [6.07, 6.45) is 2.24. The van der Waals surface area contributed by atoms with Gasteiger partial charge in [-0.1, -0.05) is 0 Å². The van der Waals surface area contributed by atoms with E-state index in [1.54, 1.807) is 25.3 Å². The highest BCUT2D eigenvalue weighted by Gasteiger charge is 2.29. The molecule has 2 rings (SSSR count). The lowest BCUT2D eigenvalue weighted by molar-refractivity contribution is 0.0328. The third-order valence-electron chi connectivity index (χ3n) is 3.26. The molecule has 0 heterocycles. The Kier molecular flexibility index (Phi) is 3.72. The summed E-state index contributed by atoms with van der Waals surface area (Å²) in [6.45, 7) is 0. The second kappa shape index (κ2) is 5.27. The summed E-state index contributed by atoms with van der Waals surface area (Å²) in [5.41, 5.74) is 7.78. The van der Waals surface area contributed by atoms with Gasteiger partial charge >= 0.3 is 5.97 Å². The van der Waals surface area contributed by atoms with Crippen molar-refractivity contribution in [1.82, 2.24) is 0 Å². The quantitative estimate of drug-likeness (QED) is 0.628. The Morgan fingerprint density at radius 2 is 2.11 bits per heavy atom. The van der Waals surface area contributed by atoms with E-state index in [0.717, 1.165) is 18.5 Å². The molecule has 0 radical (unpaired) electrons. The molecule has 0 aromatic heterocycles. The van der Waals surface area contributed by atoms with Crippen LogP contribution in [0, 0.1) is 0 Å². The number of hydrogen-bond acceptors (Lipinski definition) is 5. The van der Waals surface area contributed by atoms with Crippen molar-refractivity contribution < 1.29 is 14.3 Å². The molecule has 0 bridgehead atoms. The van der Waals surface area contributed by atoms with Gasteiger partial charge in [0.2, 0.25) is 0 Å². The average molecular weight is 250 g/mol. The predicted molar refractivity (Wildman–Crippen MR) is 69.6 cm³/mol. The highest BCUT2D eigenvalue weighted by Crippen LogP contribution is 2.29. The van der Waals surface area contributed by atoms with E-state index in [1.807, 2.05) is 0 Å². The first kappa shape index (κ1) is 12.7. The van der Waals surface area contributed by atoms with E-state index in [1.165, 1.54) is 7.11 Å². The van der Waals surface area contributed by atoms with E-state index in [2.05, 4.69) is 10.1 Å². The molecule has 1 aromatic carbocycles. The molecule has 0 saturated heterocycles. The molecule has 5 nitrogen and oxygen atoms in total. The van der Waals surface area contributed by atoms with Gasteiger partial charge in [-0.2, -0.15) is 0 Å². The Bertz CT molecular complexity index is 442. The van der Waals surface area contributed by atoms with Gasteiger partial charge < -0.3 is 20.5 Å². The topological polar surface area (TPSA) is 73.6 Å². The lowest BCUT2D eigenvalue weighted by atomic mass is 9.89. The van der Waals surface area contributed by atoms with Crippen LogP contribution in [-0.4, -0.2) is 32.3 Å². The molecule has 5 heteroatoms. The van der Waals surface area contributed by atoms with Crippen molar-refractivity contribution in [1.29, 1.82) is 0 Å². The van der Waals surface area contributed by atoms with Crippen LogP contribution < -0.4 is 11.1 Å². The molecule has 0 unspecified atom stereocenters. The second-order valence-electron chi connectivity index (χ2n) is 4.46.